The van der Waals surface area contributed by atoms with Crippen LogP contribution in [-0.4, -0.2) is 59.2 Å². The Bertz CT molecular complexity index is 1020. The lowest BCUT2D eigenvalue weighted by Gasteiger charge is -2.51. The van der Waals surface area contributed by atoms with Crippen molar-refractivity contribution < 1.29 is 24.2 Å². The van der Waals surface area contributed by atoms with E-state index in [0.29, 0.717) is 50.4 Å². The summed E-state index contributed by atoms with van der Waals surface area (Å²) < 4.78 is 4.98. The second-order valence-electron chi connectivity index (χ2n) is 11.6. The number of carbonyl (C=O) groups excluding carboxylic acids is 3. The summed E-state index contributed by atoms with van der Waals surface area (Å²) in [5.74, 6) is -0.717. The summed E-state index contributed by atoms with van der Waals surface area (Å²) in [5.41, 5.74) is -1.21. The molecular formula is C27H38ClN3O5. The average molecular weight is 520 g/mol. The Balaban J connectivity index is 1.34. The molecule has 1 spiro atoms. The van der Waals surface area contributed by atoms with Crippen LogP contribution >= 0.6 is 11.6 Å². The highest BCUT2D eigenvalue weighted by Gasteiger charge is 2.50. The van der Waals surface area contributed by atoms with Crippen LogP contribution in [0.4, 0.5) is 4.79 Å². The van der Waals surface area contributed by atoms with Gasteiger partial charge in [0, 0.05) is 47.4 Å². The lowest BCUT2D eigenvalue weighted by Crippen LogP contribution is -2.58. The molecule has 3 fully saturated rings. The van der Waals surface area contributed by atoms with Crippen molar-refractivity contribution in [3.8, 4) is 0 Å². The van der Waals surface area contributed by atoms with Gasteiger partial charge in [-0.2, -0.15) is 0 Å². The Morgan fingerprint density at radius 3 is 2.53 bits per heavy atom. The number of nitrogens with one attached hydrogen (secondary N) is 2. The molecule has 4 rings (SSSR count). The van der Waals surface area contributed by atoms with E-state index in [-0.39, 0.29) is 29.3 Å². The van der Waals surface area contributed by atoms with E-state index in [1.54, 1.807) is 17.0 Å². The highest BCUT2D eigenvalue weighted by molar-refractivity contribution is 6.30. The monoisotopic (exact) mass is 519 g/mol. The third-order valence-electron chi connectivity index (χ3n) is 8.75. The predicted octanol–water partition coefficient (Wildman–Crippen LogP) is 3.60. The molecule has 0 radical (unpaired) electrons. The molecule has 3 aliphatic rings. The SMILES string of the molecule is CC(NC(=O)[C@@H]1CCC2(CCOC(=O)N2)C1)[C@@H](C)C(=O)N1CC[C@](O)(c2ccc(Cl)cc2)C(C)(C)C1. The first-order valence-electron chi connectivity index (χ1n) is 12.9. The lowest BCUT2D eigenvalue weighted by molar-refractivity contribution is -0.157. The van der Waals surface area contributed by atoms with Gasteiger partial charge in [-0.3, -0.25) is 9.59 Å². The number of amides is 3. The van der Waals surface area contributed by atoms with Gasteiger partial charge in [0.05, 0.1) is 18.1 Å². The number of nitrogens with zero attached hydrogens (tertiary/aromatic N) is 1. The molecule has 1 saturated carbocycles. The molecule has 9 heteroatoms. The molecule has 1 aromatic carbocycles. The number of cyclic esters (lactones) is 1. The number of hydrogen-bond acceptors (Lipinski definition) is 5. The largest absolute Gasteiger partial charge is 0.449 e. The molecule has 3 amide bonds. The number of aliphatic hydroxyl groups is 1. The van der Waals surface area contributed by atoms with Crippen molar-refractivity contribution >= 4 is 29.5 Å². The topological polar surface area (TPSA) is 108 Å². The minimum absolute atomic E-state index is 0.0337. The summed E-state index contributed by atoms with van der Waals surface area (Å²) in [6.45, 7) is 8.86. The van der Waals surface area contributed by atoms with E-state index in [1.807, 2.05) is 39.8 Å². The Hall–Kier alpha value is -2.32. The highest BCUT2D eigenvalue weighted by atomic mass is 35.5. The third kappa shape index (κ3) is 5.07. The number of hydrogen-bond donors (Lipinski definition) is 3. The summed E-state index contributed by atoms with van der Waals surface area (Å²) in [5, 5.41) is 18.2. The van der Waals surface area contributed by atoms with Gasteiger partial charge >= 0.3 is 6.09 Å². The van der Waals surface area contributed by atoms with Crippen LogP contribution < -0.4 is 10.6 Å². The second-order valence-corrected chi connectivity index (χ2v) is 12.0. The number of alkyl carbamates (subject to hydrolysis) is 1. The zero-order valence-electron chi connectivity index (χ0n) is 21.6. The summed E-state index contributed by atoms with van der Waals surface area (Å²) in [6, 6.07) is 6.90. The maximum Gasteiger partial charge on any atom is 0.407 e. The summed E-state index contributed by atoms with van der Waals surface area (Å²) in [7, 11) is 0. The molecule has 198 valence electrons. The highest BCUT2D eigenvalue weighted by Crippen LogP contribution is 2.46. The smallest absolute Gasteiger partial charge is 0.407 e. The Labute approximate surface area is 218 Å². The quantitative estimate of drug-likeness (QED) is 0.551. The van der Waals surface area contributed by atoms with E-state index in [0.717, 1.165) is 12.0 Å². The zero-order chi connectivity index (χ0) is 26.3. The van der Waals surface area contributed by atoms with Gasteiger partial charge in [-0.1, -0.05) is 44.5 Å². The maximum absolute atomic E-state index is 13.4. The Morgan fingerprint density at radius 2 is 1.89 bits per heavy atom. The molecule has 2 saturated heterocycles. The number of halogens is 1. The fourth-order valence-corrected chi connectivity index (χ4v) is 6.21. The molecule has 2 aliphatic heterocycles. The molecule has 2 heterocycles. The molecule has 2 unspecified atom stereocenters. The van der Waals surface area contributed by atoms with Crippen LogP contribution in [0.1, 0.15) is 65.4 Å². The van der Waals surface area contributed by atoms with Gasteiger partial charge in [0.15, 0.2) is 0 Å². The van der Waals surface area contributed by atoms with Crippen molar-refractivity contribution in [1.29, 1.82) is 0 Å². The van der Waals surface area contributed by atoms with Crippen LogP contribution in [0.3, 0.4) is 0 Å². The van der Waals surface area contributed by atoms with Gasteiger partial charge in [-0.25, -0.2) is 4.79 Å². The summed E-state index contributed by atoms with van der Waals surface area (Å²) >= 11 is 6.03. The molecule has 0 aromatic heterocycles. The van der Waals surface area contributed by atoms with Crippen LogP contribution in [-0.2, 0) is 19.9 Å². The number of benzene rings is 1. The number of likely N-dealkylation sites (tertiary alicyclic amines) is 1. The van der Waals surface area contributed by atoms with Crippen molar-refractivity contribution in [2.45, 2.75) is 77.0 Å². The van der Waals surface area contributed by atoms with Gasteiger partial charge < -0.3 is 25.4 Å². The molecule has 3 N–H and O–H groups in total. The van der Waals surface area contributed by atoms with Gasteiger partial charge in [0.2, 0.25) is 11.8 Å². The van der Waals surface area contributed by atoms with Gasteiger partial charge in [0.1, 0.15) is 0 Å². The van der Waals surface area contributed by atoms with E-state index >= 15 is 0 Å². The van der Waals surface area contributed by atoms with Gasteiger partial charge in [0.25, 0.3) is 0 Å². The molecule has 5 atom stereocenters. The molecule has 1 aliphatic carbocycles. The Morgan fingerprint density at radius 1 is 1.19 bits per heavy atom. The second kappa shape index (κ2) is 9.86. The fourth-order valence-electron chi connectivity index (χ4n) is 6.08. The first-order chi connectivity index (χ1) is 16.9. The van der Waals surface area contributed by atoms with Crippen LogP contribution in [0.25, 0.3) is 0 Å². The lowest BCUT2D eigenvalue weighted by atomic mass is 9.66. The standard InChI is InChI=1S/C27H38ClN3O5/c1-17(18(2)29-22(32)19-9-10-26(15-19)12-14-36-24(34)30-26)23(33)31-13-11-27(35,25(3,4)16-31)20-5-7-21(28)8-6-20/h5-8,17-19,35H,9-16H2,1-4H3,(H,29,32)(H,30,34)/t17-,18?,19-,26?,27+/m1/s1. The fraction of sp³-hybridized carbons (Fsp3) is 0.667. The number of rotatable bonds is 5. The van der Waals surface area contributed by atoms with Crippen molar-refractivity contribution in [2.75, 3.05) is 19.7 Å². The molecule has 0 bridgehead atoms. The van der Waals surface area contributed by atoms with Crippen LogP contribution in [0.2, 0.25) is 5.02 Å². The van der Waals surface area contributed by atoms with Crippen LogP contribution in [0.5, 0.6) is 0 Å². The number of ether oxygens (including phenoxy) is 1. The molecule has 1 aromatic rings. The molecular weight excluding hydrogens is 482 g/mol. The minimum Gasteiger partial charge on any atom is -0.449 e. The van der Waals surface area contributed by atoms with Gasteiger partial charge in [-0.05, 0) is 50.3 Å². The summed E-state index contributed by atoms with van der Waals surface area (Å²) in [6.07, 6.45) is 2.75. The number of carbonyl (C=O) groups is 3. The number of piperidine rings is 1. The first-order valence-corrected chi connectivity index (χ1v) is 13.3. The first kappa shape index (κ1) is 26.7. The van der Waals surface area contributed by atoms with E-state index in [1.165, 1.54) is 0 Å². The van der Waals surface area contributed by atoms with E-state index in [9.17, 15) is 19.5 Å². The van der Waals surface area contributed by atoms with Crippen LogP contribution in [0.15, 0.2) is 24.3 Å². The van der Waals surface area contributed by atoms with E-state index in [4.69, 9.17) is 16.3 Å². The van der Waals surface area contributed by atoms with E-state index in [2.05, 4.69) is 10.6 Å². The van der Waals surface area contributed by atoms with Crippen molar-refractivity contribution in [3.63, 3.8) is 0 Å². The van der Waals surface area contributed by atoms with Gasteiger partial charge in [-0.15, -0.1) is 0 Å². The normalized spacial score (nSPS) is 31.3. The molecule has 36 heavy (non-hydrogen) atoms. The summed E-state index contributed by atoms with van der Waals surface area (Å²) in [4.78, 5) is 39.9. The van der Waals surface area contributed by atoms with Crippen molar-refractivity contribution in [3.05, 3.63) is 34.9 Å². The van der Waals surface area contributed by atoms with E-state index < -0.39 is 23.0 Å². The maximum atomic E-state index is 13.4. The van der Waals surface area contributed by atoms with Crippen molar-refractivity contribution in [1.82, 2.24) is 15.5 Å². The van der Waals surface area contributed by atoms with Crippen LogP contribution in [0, 0.1) is 17.3 Å². The predicted molar refractivity (Wildman–Crippen MR) is 136 cm³/mol. The zero-order valence-corrected chi connectivity index (χ0v) is 22.4. The van der Waals surface area contributed by atoms with Crippen molar-refractivity contribution in [2.24, 2.45) is 17.3 Å². The average Bonchev–Trinajstić information content (AvgIpc) is 3.23. The molecule has 8 nitrogen and oxygen atoms in total. The minimum atomic E-state index is -1.07. The third-order valence-corrected chi connectivity index (χ3v) is 9.00. The Kier molecular flexibility index (Phi) is 7.32.